The second-order valence-electron chi connectivity index (χ2n) is 5.07. The van der Waals surface area contributed by atoms with E-state index in [4.69, 9.17) is 0 Å². The lowest BCUT2D eigenvalue weighted by Gasteiger charge is -2.39. The summed E-state index contributed by atoms with van der Waals surface area (Å²) < 4.78 is 27.4. The first-order valence-electron chi connectivity index (χ1n) is 7.08. The predicted molar refractivity (Wildman–Crippen MR) is 73.0 cm³/mol. The molecule has 2 nitrogen and oxygen atoms in total. The highest BCUT2D eigenvalue weighted by Crippen LogP contribution is 2.32. The van der Waals surface area contributed by atoms with E-state index < -0.39 is 11.6 Å². The molecule has 0 radical (unpaired) electrons. The zero-order valence-electron chi connectivity index (χ0n) is 11.6. The summed E-state index contributed by atoms with van der Waals surface area (Å²) in [6, 6.07) is 4.84. The van der Waals surface area contributed by atoms with Crippen molar-refractivity contribution in [2.45, 2.75) is 38.8 Å². The van der Waals surface area contributed by atoms with Crippen molar-refractivity contribution in [1.82, 2.24) is 10.2 Å². The molecule has 0 amide bonds. The molecule has 1 fully saturated rings. The van der Waals surface area contributed by atoms with Gasteiger partial charge in [0.1, 0.15) is 0 Å². The summed E-state index contributed by atoms with van der Waals surface area (Å²) in [6.07, 6.45) is 1.90. The average molecular weight is 268 g/mol. The highest BCUT2D eigenvalue weighted by atomic mass is 19.2. The largest absolute Gasteiger partial charge is 0.314 e. The Bertz CT molecular complexity index is 423. The summed E-state index contributed by atoms with van der Waals surface area (Å²) in [5, 5.41) is 3.42. The van der Waals surface area contributed by atoms with Crippen LogP contribution in [-0.2, 0) is 0 Å². The summed E-state index contributed by atoms with van der Waals surface area (Å²) in [5.41, 5.74) is 0.490. The third-order valence-corrected chi connectivity index (χ3v) is 3.95. The van der Waals surface area contributed by atoms with Crippen LogP contribution in [0, 0.1) is 11.6 Å². The zero-order valence-corrected chi connectivity index (χ0v) is 11.6. The minimum Gasteiger partial charge on any atom is -0.314 e. The van der Waals surface area contributed by atoms with Gasteiger partial charge < -0.3 is 5.32 Å². The number of nitrogens with zero attached hydrogens (tertiary/aromatic N) is 1. The second-order valence-corrected chi connectivity index (χ2v) is 5.07. The van der Waals surface area contributed by atoms with E-state index in [1.165, 1.54) is 6.07 Å². The van der Waals surface area contributed by atoms with Gasteiger partial charge in [0.05, 0.1) is 0 Å². The highest BCUT2D eigenvalue weighted by Gasteiger charge is 2.30. The van der Waals surface area contributed by atoms with Gasteiger partial charge in [-0.05, 0) is 32.0 Å². The van der Waals surface area contributed by atoms with Crippen molar-refractivity contribution in [3.8, 4) is 0 Å². The van der Waals surface area contributed by atoms with Crippen LogP contribution in [-0.4, -0.2) is 30.6 Å². The monoisotopic (exact) mass is 268 g/mol. The van der Waals surface area contributed by atoms with Crippen molar-refractivity contribution >= 4 is 0 Å². The van der Waals surface area contributed by atoms with Crippen LogP contribution >= 0.6 is 0 Å². The van der Waals surface area contributed by atoms with Crippen molar-refractivity contribution in [2.24, 2.45) is 0 Å². The van der Waals surface area contributed by atoms with E-state index in [1.807, 2.05) is 0 Å². The van der Waals surface area contributed by atoms with Crippen molar-refractivity contribution in [3.05, 3.63) is 35.4 Å². The van der Waals surface area contributed by atoms with Crippen LogP contribution in [0.5, 0.6) is 0 Å². The van der Waals surface area contributed by atoms with Gasteiger partial charge in [-0.2, -0.15) is 0 Å². The molecule has 4 heteroatoms. The van der Waals surface area contributed by atoms with Crippen LogP contribution in [0.15, 0.2) is 18.2 Å². The Labute approximate surface area is 113 Å². The fraction of sp³-hybridized carbons (Fsp3) is 0.600. The van der Waals surface area contributed by atoms with Crippen LogP contribution in [0.2, 0.25) is 0 Å². The minimum absolute atomic E-state index is 0.0292. The molecule has 2 atom stereocenters. The number of nitrogens with one attached hydrogen (secondary N) is 1. The van der Waals surface area contributed by atoms with E-state index >= 15 is 0 Å². The summed E-state index contributed by atoms with van der Waals surface area (Å²) >= 11 is 0. The Morgan fingerprint density at radius 3 is 2.79 bits per heavy atom. The lowest BCUT2D eigenvalue weighted by atomic mass is 9.91. The van der Waals surface area contributed by atoms with Crippen molar-refractivity contribution < 1.29 is 8.78 Å². The predicted octanol–water partition coefficient (Wildman–Crippen LogP) is 3.10. The van der Waals surface area contributed by atoms with Gasteiger partial charge in [0.2, 0.25) is 0 Å². The normalized spacial score (nSPS) is 24.6. The molecule has 1 aliphatic heterocycles. The lowest BCUT2D eigenvalue weighted by Crippen LogP contribution is -2.44. The smallest absolute Gasteiger partial charge is 0.163 e. The average Bonchev–Trinajstić information content (AvgIpc) is 2.42. The Balaban J connectivity index is 2.24. The van der Waals surface area contributed by atoms with Gasteiger partial charge in [-0.25, -0.2) is 8.78 Å². The number of benzene rings is 1. The molecular formula is C15H22F2N2. The molecule has 0 unspecified atom stereocenters. The number of halogens is 2. The van der Waals surface area contributed by atoms with Gasteiger partial charge in [0.25, 0.3) is 0 Å². The maximum atomic E-state index is 14.0. The van der Waals surface area contributed by atoms with E-state index in [0.29, 0.717) is 11.6 Å². The third-order valence-electron chi connectivity index (χ3n) is 3.95. The van der Waals surface area contributed by atoms with Crippen LogP contribution in [0.1, 0.15) is 38.3 Å². The van der Waals surface area contributed by atoms with Crippen molar-refractivity contribution in [1.29, 1.82) is 0 Å². The van der Waals surface area contributed by atoms with Crippen LogP contribution < -0.4 is 5.32 Å². The molecule has 0 saturated carbocycles. The quantitative estimate of drug-likeness (QED) is 0.902. The summed E-state index contributed by atoms with van der Waals surface area (Å²) in [4.78, 5) is 2.23. The fourth-order valence-electron chi connectivity index (χ4n) is 2.97. The van der Waals surface area contributed by atoms with Gasteiger partial charge in [-0.15, -0.1) is 0 Å². The molecule has 2 rings (SSSR count). The SMILES string of the molecule is CCN[C@@H]1CCN(CC)[C@H](c2cccc(F)c2F)C1. The van der Waals surface area contributed by atoms with Crippen LogP contribution in [0.4, 0.5) is 8.78 Å². The molecule has 0 aromatic heterocycles. The number of hydrogen-bond donors (Lipinski definition) is 1. The molecule has 1 N–H and O–H groups in total. The molecule has 1 saturated heterocycles. The first-order chi connectivity index (χ1) is 9.17. The summed E-state index contributed by atoms with van der Waals surface area (Å²) in [6.45, 7) is 6.84. The molecule has 0 bridgehead atoms. The second kappa shape index (κ2) is 6.44. The Kier molecular flexibility index (Phi) is 4.88. The first kappa shape index (κ1) is 14.4. The Hall–Kier alpha value is -1.00. The standard InChI is InChI=1S/C15H22F2N2/c1-3-18-11-8-9-19(4-2)14(10-11)12-6-5-7-13(16)15(12)17/h5-7,11,14,18H,3-4,8-10H2,1-2H3/t11-,14+/m1/s1. The van der Waals surface area contributed by atoms with E-state index in [0.717, 1.165) is 32.5 Å². The van der Waals surface area contributed by atoms with E-state index in [-0.39, 0.29) is 6.04 Å². The first-order valence-corrected chi connectivity index (χ1v) is 7.08. The van der Waals surface area contributed by atoms with Gasteiger partial charge in [0, 0.05) is 24.2 Å². The molecule has 0 spiro atoms. The molecule has 19 heavy (non-hydrogen) atoms. The van der Waals surface area contributed by atoms with Gasteiger partial charge >= 0.3 is 0 Å². The topological polar surface area (TPSA) is 15.3 Å². The van der Waals surface area contributed by atoms with E-state index in [2.05, 4.69) is 24.1 Å². The van der Waals surface area contributed by atoms with Crippen molar-refractivity contribution in [2.75, 3.05) is 19.6 Å². The molecule has 0 aliphatic carbocycles. The van der Waals surface area contributed by atoms with Crippen LogP contribution in [0.3, 0.4) is 0 Å². The lowest BCUT2D eigenvalue weighted by molar-refractivity contribution is 0.129. The van der Waals surface area contributed by atoms with Crippen LogP contribution in [0.25, 0.3) is 0 Å². The number of likely N-dealkylation sites (tertiary alicyclic amines) is 1. The van der Waals surface area contributed by atoms with Crippen molar-refractivity contribution in [3.63, 3.8) is 0 Å². The number of hydrogen-bond acceptors (Lipinski definition) is 2. The zero-order chi connectivity index (χ0) is 13.8. The maximum Gasteiger partial charge on any atom is 0.163 e. The molecule has 1 aromatic carbocycles. The molecule has 1 heterocycles. The molecule has 1 aromatic rings. The molecule has 1 aliphatic rings. The van der Waals surface area contributed by atoms with Gasteiger partial charge in [-0.3, -0.25) is 4.90 Å². The Morgan fingerprint density at radius 2 is 2.11 bits per heavy atom. The molecular weight excluding hydrogens is 246 g/mol. The third kappa shape index (κ3) is 3.12. The minimum atomic E-state index is -0.751. The van der Waals surface area contributed by atoms with E-state index in [9.17, 15) is 8.78 Å². The summed E-state index contributed by atoms with van der Waals surface area (Å²) in [7, 11) is 0. The molecule has 106 valence electrons. The maximum absolute atomic E-state index is 14.0. The van der Waals surface area contributed by atoms with Gasteiger partial charge in [0.15, 0.2) is 11.6 Å². The van der Waals surface area contributed by atoms with E-state index in [1.54, 1.807) is 12.1 Å². The van der Waals surface area contributed by atoms with Gasteiger partial charge in [-0.1, -0.05) is 26.0 Å². The number of piperidine rings is 1. The summed E-state index contributed by atoms with van der Waals surface area (Å²) in [5.74, 6) is -1.44. The fourth-order valence-corrected chi connectivity index (χ4v) is 2.97. The highest BCUT2D eigenvalue weighted by molar-refractivity contribution is 5.23. The number of rotatable bonds is 4. The Morgan fingerprint density at radius 1 is 1.32 bits per heavy atom.